The van der Waals surface area contributed by atoms with E-state index in [1.165, 1.54) is 0 Å². The van der Waals surface area contributed by atoms with Crippen LogP contribution in [0.3, 0.4) is 0 Å². The van der Waals surface area contributed by atoms with Crippen LogP contribution >= 0.6 is 0 Å². The van der Waals surface area contributed by atoms with Crippen molar-refractivity contribution in [3.05, 3.63) is 29.8 Å². The van der Waals surface area contributed by atoms with Crippen molar-refractivity contribution in [1.82, 2.24) is 5.32 Å². The molecule has 0 aliphatic heterocycles. The molecule has 0 aromatic heterocycles. The predicted octanol–water partition coefficient (Wildman–Crippen LogP) is 2.14. The van der Waals surface area contributed by atoms with Crippen LogP contribution in [0.2, 0.25) is 0 Å². The van der Waals surface area contributed by atoms with Gasteiger partial charge in [0.05, 0.1) is 0 Å². The van der Waals surface area contributed by atoms with E-state index in [1.54, 1.807) is 0 Å². The second-order valence-electron chi connectivity index (χ2n) is 3.91. The first kappa shape index (κ1) is 13.5. The van der Waals surface area contributed by atoms with E-state index in [0.717, 1.165) is 30.5 Å². The number of aliphatic hydroxyl groups excluding tert-OH is 1. The minimum absolute atomic E-state index is 0.175. The molecule has 0 bridgehead atoms. The van der Waals surface area contributed by atoms with Gasteiger partial charge in [0, 0.05) is 18.8 Å². The molecule has 0 aliphatic rings. The van der Waals surface area contributed by atoms with Crippen molar-refractivity contribution in [3.63, 3.8) is 0 Å². The van der Waals surface area contributed by atoms with Gasteiger partial charge in [-0.05, 0) is 37.0 Å². The summed E-state index contributed by atoms with van der Waals surface area (Å²) in [5, 5.41) is 14.3. The van der Waals surface area contributed by atoms with Gasteiger partial charge >= 0.3 is 6.03 Å². The molecule has 0 radical (unpaired) electrons. The van der Waals surface area contributed by atoms with E-state index in [2.05, 4.69) is 10.6 Å². The molecule has 17 heavy (non-hydrogen) atoms. The number of urea groups is 1. The quantitative estimate of drug-likeness (QED) is 0.708. The summed E-state index contributed by atoms with van der Waals surface area (Å²) in [5.41, 5.74) is 1.90. The molecular weight excluding hydrogens is 216 g/mol. The second-order valence-corrected chi connectivity index (χ2v) is 3.91. The Kier molecular flexibility index (Phi) is 6.10. The molecule has 0 fully saturated rings. The highest BCUT2D eigenvalue weighted by atomic mass is 16.2. The highest BCUT2D eigenvalue weighted by Gasteiger charge is 2.01. The van der Waals surface area contributed by atoms with Crippen molar-refractivity contribution in [1.29, 1.82) is 0 Å². The van der Waals surface area contributed by atoms with Crippen LogP contribution in [0, 0.1) is 0 Å². The van der Waals surface area contributed by atoms with Crippen LogP contribution in [0.5, 0.6) is 0 Å². The topological polar surface area (TPSA) is 61.4 Å². The van der Waals surface area contributed by atoms with Gasteiger partial charge in [0.15, 0.2) is 0 Å². The summed E-state index contributed by atoms with van der Waals surface area (Å²) in [6, 6.07) is 7.51. The van der Waals surface area contributed by atoms with Gasteiger partial charge in [-0.1, -0.05) is 19.1 Å². The van der Waals surface area contributed by atoms with Gasteiger partial charge in [-0.2, -0.15) is 0 Å². The zero-order valence-corrected chi connectivity index (χ0v) is 10.2. The maximum atomic E-state index is 11.4. The molecule has 4 heteroatoms. The van der Waals surface area contributed by atoms with Crippen LogP contribution < -0.4 is 10.6 Å². The Bertz CT molecular complexity index is 353. The van der Waals surface area contributed by atoms with Gasteiger partial charge in [0.1, 0.15) is 0 Å². The van der Waals surface area contributed by atoms with E-state index in [4.69, 9.17) is 5.11 Å². The molecule has 0 heterocycles. The fourth-order valence-corrected chi connectivity index (χ4v) is 1.50. The van der Waals surface area contributed by atoms with Crippen LogP contribution in [-0.4, -0.2) is 24.3 Å². The number of hydrogen-bond donors (Lipinski definition) is 3. The summed E-state index contributed by atoms with van der Waals surface area (Å²) in [4.78, 5) is 11.4. The van der Waals surface area contributed by atoms with Crippen molar-refractivity contribution in [3.8, 4) is 0 Å². The summed E-state index contributed by atoms with van der Waals surface area (Å²) in [6.07, 6.45) is 2.48. The summed E-state index contributed by atoms with van der Waals surface area (Å²) >= 11 is 0. The van der Waals surface area contributed by atoms with Crippen LogP contribution in [0.1, 0.15) is 25.3 Å². The van der Waals surface area contributed by atoms with E-state index in [9.17, 15) is 4.79 Å². The number of anilines is 1. The van der Waals surface area contributed by atoms with Gasteiger partial charge in [-0.3, -0.25) is 0 Å². The number of rotatable bonds is 6. The Balaban J connectivity index is 2.50. The molecule has 4 nitrogen and oxygen atoms in total. The normalized spacial score (nSPS) is 10.0. The van der Waals surface area contributed by atoms with Crippen molar-refractivity contribution in [2.75, 3.05) is 18.5 Å². The first-order valence-electron chi connectivity index (χ1n) is 6.01. The number of aryl methyl sites for hydroxylation is 1. The number of amides is 2. The Morgan fingerprint density at radius 2 is 2.24 bits per heavy atom. The molecule has 3 N–H and O–H groups in total. The van der Waals surface area contributed by atoms with E-state index in [-0.39, 0.29) is 12.6 Å². The van der Waals surface area contributed by atoms with E-state index in [1.807, 2.05) is 31.2 Å². The summed E-state index contributed by atoms with van der Waals surface area (Å²) in [6.45, 7) is 2.88. The summed E-state index contributed by atoms with van der Waals surface area (Å²) < 4.78 is 0. The zero-order valence-electron chi connectivity index (χ0n) is 10.2. The highest BCUT2D eigenvalue weighted by Crippen LogP contribution is 2.11. The molecular formula is C13H20N2O2. The third-order valence-electron chi connectivity index (χ3n) is 2.34. The fraction of sp³-hybridized carbons (Fsp3) is 0.462. The van der Waals surface area contributed by atoms with E-state index >= 15 is 0 Å². The maximum Gasteiger partial charge on any atom is 0.319 e. The van der Waals surface area contributed by atoms with Gasteiger partial charge in [-0.15, -0.1) is 0 Å². The molecule has 1 aromatic rings. The number of nitrogens with one attached hydrogen (secondary N) is 2. The largest absolute Gasteiger partial charge is 0.396 e. The van der Waals surface area contributed by atoms with Crippen LogP contribution in [-0.2, 0) is 6.42 Å². The van der Waals surface area contributed by atoms with Crippen LogP contribution in [0.15, 0.2) is 24.3 Å². The SMILES string of the molecule is CCCNC(=O)Nc1cccc(CCCO)c1. The lowest BCUT2D eigenvalue weighted by molar-refractivity contribution is 0.252. The van der Waals surface area contributed by atoms with Gasteiger partial charge in [0.2, 0.25) is 0 Å². The number of carbonyl (C=O) groups excluding carboxylic acids is 1. The van der Waals surface area contributed by atoms with E-state index in [0.29, 0.717) is 6.54 Å². The number of benzene rings is 1. The number of aliphatic hydroxyl groups is 1. The third kappa shape index (κ3) is 5.36. The second kappa shape index (κ2) is 7.68. The average molecular weight is 236 g/mol. The first-order valence-corrected chi connectivity index (χ1v) is 6.01. The standard InChI is InChI=1S/C13H20N2O2/c1-2-8-14-13(17)15-12-7-3-5-11(10-12)6-4-9-16/h3,5,7,10,16H,2,4,6,8-9H2,1H3,(H2,14,15,17). The Hall–Kier alpha value is -1.55. The minimum atomic E-state index is -0.175. The molecule has 1 rings (SSSR count). The molecule has 1 aromatic carbocycles. The molecule has 0 aliphatic carbocycles. The monoisotopic (exact) mass is 236 g/mol. The molecule has 0 spiro atoms. The minimum Gasteiger partial charge on any atom is -0.396 e. The molecule has 94 valence electrons. The first-order chi connectivity index (χ1) is 8.26. The van der Waals surface area contributed by atoms with E-state index < -0.39 is 0 Å². The van der Waals surface area contributed by atoms with Crippen LogP contribution in [0.25, 0.3) is 0 Å². The van der Waals surface area contributed by atoms with Crippen molar-refractivity contribution >= 4 is 11.7 Å². The van der Waals surface area contributed by atoms with Gasteiger partial charge in [-0.25, -0.2) is 4.79 Å². The van der Waals surface area contributed by atoms with Gasteiger partial charge in [0.25, 0.3) is 0 Å². The van der Waals surface area contributed by atoms with Crippen molar-refractivity contribution in [2.24, 2.45) is 0 Å². The lowest BCUT2D eigenvalue weighted by atomic mass is 10.1. The Morgan fingerprint density at radius 1 is 1.41 bits per heavy atom. The zero-order chi connectivity index (χ0) is 12.5. The molecule has 0 saturated carbocycles. The Labute approximate surface area is 102 Å². The highest BCUT2D eigenvalue weighted by molar-refractivity contribution is 5.89. The molecule has 0 atom stereocenters. The lowest BCUT2D eigenvalue weighted by Crippen LogP contribution is -2.29. The van der Waals surface area contributed by atoms with Crippen LogP contribution in [0.4, 0.5) is 10.5 Å². The van der Waals surface area contributed by atoms with Crippen molar-refractivity contribution < 1.29 is 9.90 Å². The lowest BCUT2D eigenvalue weighted by Gasteiger charge is -2.08. The Morgan fingerprint density at radius 3 is 2.94 bits per heavy atom. The third-order valence-corrected chi connectivity index (χ3v) is 2.34. The summed E-state index contributed by atoms with van der Waals surface area (Å²) in [5.74, 6) is 0. The average Bonchev–Trinajstić information content (AvgIpc) is 2.34. The van der Waals surface area contributed by atoms with Gasteiger partial charge < -0.3 is 15.7 Å². The predicted molar refractivity (Wildman–Crippen MR) is 69.2 cm³/mol. The molecule has 0 saturated heterocycles. The molecule has 2 amide bonds. The molecule has 0 unspecified atom stereocenters. The summed E-state index contributed by atoms with van der Waals surface area (Å²) in [7, 11) is 0. The van der Waals surface area contributed by atoms with Crippen molar-refractivity contribution in [2.45, 2.75) is 26.2 Å². The number of carbonyl (C=O) groups is 1. The number of hydrogen-bond acceptors (Lipinski definition) is 2. The maximum absolute atomic E-state index is 11.4. The fourth-order valence-electron chi connectivity index (χ4n) is 1.50. The smallest absolute Gasteiger partial charge is 0.319 e.